The van der Waals surface area contributed by atoms with Gasteiger partial charge < -0.3 is 20.0 Å². The Hall–Kier alpha value is -2.88. The normalized spacial score (nSPS) is 14.8. The molecule has 152 valence electrons. The fourth-order valence-electron chi connectivity index (χ4n) is 3.24. The van der Waals surface area contributed by atoms with E-state index in [9.17, 15) is 9.90 Å². The van der Waals surface area contributed by atoms with Crippen molar-refractivity contribution in [2.24, 2.45) is 0 Å². The van der Waals surface area contributed by atoms with Crippen molar-refractivity contribution in [1.82, 2.24) is 10.2 Å². The van der Waals surface area contributed by atoms with E-state index < -0.39 is 6.09 Å². The van der Waals surface area contributed by atoms with Gasteiger partial charge in [0, 0.05) is 54.1 Å². The van der Waals surface area contributed by atoms with E-state index in [-0.39, 0.29) is 11.8 Å². The number of hydrogen-bond acceptors (Lipinski definition) is 4. The number of anilines is 1. The van der Waals surface area contributed by atoms with Crippen LogP contribution in [0.5, 0.6) is 5.75 Å². The summed E-state index contributed by atoms with van der Waals surface area (Å²) >= 11 is 5.99. The molecule has 7 heteroatoms. The topological polar surface area (TPSA) is 76.0 Å². The van der Waals surface area contributed by atoms with Gasteiger partial charge in [-0.3, -0.25) is 5.32 Å². The summed E-state index contributed by atoms with van der Waals surface area (Å²) in [6.45, 7) is 4.84. The number of piperazine rings is 1. The van der Waals surface area contributed by atoms with Crippen LogP contribution in [-0.2, 0) is 0 Å². The molecule has 2 aromatic rings. The molecule has 1 aliphatic rings. The lowest BCUT2D eigenvalue weighted by molar-refractivity contribution is 0.142. The quantitative estimate of drug-likeness (QED) is 0.668. The molecule has 1 heterocycles. The molecule has 3 rings (SSSR count). The lowest BCUT2D eigenvalue weighted by atomic mass is 10.1. The number of halogens is 1. The molecule has 3 N–H and O–H groups in total. The van der Waals surface area contributed by atoms with Crippen LogP contribution in [0.3, 0.4) is 0 Å². The zero-order valence-corrected chi connectivity index (χ0v) is 17.0. The summed E-state index contributed by atoms with van der Waals surface area (Å²) in [4.78, 5) is 14.6. The Morgan fingerprint density at radius 3 is 2.52 bits per heavy atom. The van der Waals surface area contributed by atoms with E-state index in [1.165, 1.54) is 4.90 Å². The van der Waals surface area contributed by atoms with Crippen LogP contribution in [0.4, 0.5) is 10.5 Å². The van der Waals surface area contributed by atoms with E-state index >= 15 is 0 Å². The number of carboxylic acid groups (broad SMARTS) is 1. The Morgan fingerprint density at radius 2 is 1.86 bits per heavy atom. The fraction of sp³-hybridized carbons (Fsp3) is 0.318. The van der Waals surface area contributed by atoms with Gasteiger partial charge in [-0.25, -0.2) is 4.79 Å². The van der Waals surface area contributed by atoms with Crippen molar-refractivity contribution in [3.05, 3.63) is 58.6 Å². The number of hydrogen-bond donors (Lipinski definition) is 3. The predicted molar refractivity (Wildman–Crippen MR) is 115 cm³/mol. The predicted octanol–water partition coefficient (Wildman–Crippen LogP) is 3.55. The van der Waals surface area contributed by atoms with Gasteiger partial charge >= 0.3 is 6.09 Å². The lowest BCUT2D eigenvalue weighted by Gasteiger charge is -2.34. The molecule has 0 aromatic heterocycles. The highest BCUT2D eigenvalue weighted by atomic mass is 35.5. The monoisotopic (exact) mass is 413 g/mol. The second-order valence-corrected chi connectivity index (χ2v) is 7.35. The third-order valence-corrected chi connectivity index (χ3v) is 5.20. The molecule has 1 fully saturated rings. The number of nitrogens with one attached hydrogen (secondary N) is 1. The van der Waals surface area contributed by atoms with Gasteiger partial charge in [0.05, 0.1) is 6.54 Å². The number of carbonyl (C=O) groups is 1. The Bertz CT molecular complexity index is 913. The van der Waals surface area contributed by atoms with Crippen LogP contribution in [-0.4, -0.2) is 53.9 Å². The van der Waals surface area contributed by atoms with E-state index in [0.29, 0.717) is 37.7 Å². The third kappa shape index (κ3) is 5.57. The van der Waals surface area contributed by atoms with Crippen molar-refractivity contribution in [2.75, 3.05) is 37.6 Å². The molecule has 1 atom stereocenters. The smallest absolute Gasteiger partial charge is 0.407 e. The van der Waals surface area contributed by atoms with Gasteiger partial charge in [-0.1, -0.05) is 23.4 Å². The Labute approximate surface area is 175 Å². The minimum absolute atomic E-state index is 0.0742. The summed E-state index contributed by atoms with van der Waals surface area (Å²) in [5, 5.41) is 22.8. The zero-order chi connectivity index (χ0) is 20.8. The molecule has 1 amide bonds. The van der Waals surface area contributed by atoms with E-state index in [0.717, 1.165) is 16.8 Å². The van der Waals surface area contributed by atoms with Gasteiger partial charge in [-0.15, -0.1) is 0 Å². The van der Waals surface area contributed by atoms with Crippen molar-refractivity contribution in [3.8, 4) is 17.6 Å². The zero-order valence-electron chi connectivity index (χ0n) is 16.2. The molecule has 0 aliphatic carbocycles. The van der Waals surface area contributed by atoms with Crippen molar-refractivity contribution >= 4 is 23.4 Å². The van der Waals surface area contributed by atoms with Crippen LogP contribution in [0, 0.1) is 11.8 Å². The molecular formula is C22H24ClN3O3. The van der Waals surface area contributed by atoms with Crippen LogP contribution in [0.2, 0.25) is 5.02 Å². The van der Waals surface area contributed by atoms with Crippen molar-refractivity contribution in [2.45, 2.75) is 13.0 Å². The molecule has 6 nitrogen and oxygen atoms in total. The molecular weight excluding hydrogens is 390 g/mol. The van der Waals surface area contributed by atoms with Gasteiger partial charge in [0.2, 0.25) is 0 Å². The highest BCUT2D eigenvalue weighted by Gasteiger charge is 2.20. The average Bonchev–Trinajstić information content (AvgIpc) is 2.73. The number of benzene rings is 2. The minimum atomic E-state index is -0.858. The lowest BCUT2D eigenvalue weighted by Crippen LogP contribution is -2.48. The summed E-state index contributed by atoms with van der Waals surface area (Å²) in [5.41, 5.74) is 2.73. The number of amides is 1. The van der Waals surface area contributed by atoms with Crippen LogP contribution in [0.1, 0.15) is 24.1 Å². The van der Waals surface area contributed by atoms with E-state index in [2.05, 4.69) is 22.1 Å². The van der Waals surface area contributed by atoms with Crippen molar-refractivity contribution in [3.63, 3.8) is 0 Å². The largest absolute Gasteiger partial charge is 0.508 e. The number of phenolic OH excluding ortho intramolecular Hbond substituents is 1. The van der Waals surface area contributed by atoms with Gasteiger partial charge in [-0.2, -0.15) is 0 Å². The highest BCUT2D eigenvalue weighted by Crippen LogP contribution is 2.26. The van der Waals surface area contributed by atoms with Crippen LogP contribution < -0.4 is 10.2 Å². The second-order valence-electron chi connectivity index (χ2n) is 6.91. The third-order valence-electron chi connectivity index (χ3n) is 4.97. The summed E-state index contributed by atoms with van der Waals surface area (Å²) < 4.78 is 0. The first-order valence-corrected chi connectivity index (χ1v) is 9.85. The molecule has 29 heavy (non-hydrogen) atoms. The van der Waals surface area contributed by atoms with Crippen LogP contribution in [0.25, 0.3) is 0 Å². The Kier molecular flexibility index (Phi) is 6.86. The summed E-state index contributed by atoms with van der Waals surface area (Å²) in [7, 11) is 0. The average molecular weight is 414 g/mol. The first-order chi connectivity index (χ1) is 13.9. The fourth-order valence-corrected chi connectivity index (χ4v) is 3.42. The first-order valence-electron chi connectivity index (χ1n) is 9.47. The molecule has 0 radical (unpaired) electrons. The SMILES string of the molecule is CC(NCC#Cc1ccc(N2CCN(C(=O)O)CC2)cc1)c1cc(Cl)ccc1O. The van der Waals surface area contributed by atoms with Crippen molar-refractivity contribution in [1.29, 1.82) is 0 Å². The number of rotatable bonds is 4. The summed E-state index contributed by atoms with van der Waals surface area (Å²) in [6, 6.07) is 12.9. The number of phenols is 1. The number of aromatic hydroxyl groups is 1. The minimum Gasteiger partial charge on any atom is -0.508 e. The van der Waals surface area contributed by atoms with E-state index in [1.54, 1.807) is 18.2 Å². The first kappa shape index (κ1) is 20.8. The van der Waals surface area contributed by atoms with Gasteiger partial charge in [0.15, 0.2) is 0 Å². The molecule has 0 saturated carbocycles. The molecule has 1 saturated heterocycles. The molecule has 1 unspecified atom stereocenters. The maximum absolute atomic E-state index is 11.0. The highest BCUT2D eigenvalue weighted by molar-refractivity contribution is 6.30. The van der Waals surface area contributed by atoms with E-state index in [1.807, 2.05) is 31.2 Å². The Balaban J connectivity index is 1.51. The molecule has 1 aliphatic heterocycles. The van der Waals surface area contributed by atoms with Gasteiger partial charge in [0.25, 0.3) is 0 Å². The van der Waals surface area contributed by atoms with Crippen LogP contribution >= 0.6 is 11.6 Å². The number of nitrogens with zero attached hydrogens (tertiary/aromatic N) is 2. The van der Waals surface area contributed by atoms with E-state index in [4.69, 9.17) is 16.7 Å². The van der Waals surface area contributed by atoms with Crippen LogP contribution in [0.15, 0.2) is 42.5 Å². The summed E-state index contributed by atoms with van der Waals surface area (Å²) in [5.74, 6) is 6.43. The van der Waals surface area contributed by atoms with Crippen molar-refractivity contribution < 1.29 is 15.0 Å². The molecule has 0 bridgehead atoms. The second kappa shape index (κ2) is 9.55. The van der Waals surface area contributed by atoms with Gasteiger partial charge in [-0.05, 0) is 49.4 Å². The maximum atomic E-state index is 11.0. The summed E-state index contributed by atoms with van der Waals surface area (Å²) in [6.07, 6.45) is -0.858. The van der Waals surface area contributed by atoms with Gasteiger partial charge in [0.1, 0.15) is 5.75 Å². The standard InChI is InChI=1S/C22H24ClN3O3/c1-16(20-15-18(23)6-9-21(20)27)24-10-2-3-17-4-7-19(8-5-17)25-11-13-26(14-12-25)22(28)29/h4-9,15-16,24,27H,10-14H2,1H3,(H,28,29). The maximum Gasteiger partial charge on any atom is 0.407 e. The molecule has 2 aromatic carbocycles. The Morgan fingerprint density at radius 1 is 1.17 bits per heavy atom. The molecule has 0 spiro atoms.